The van der Waals surface area contributed by atoms with Crippen molar-refractivity contribution in [2.24, 2.45) is 0 Å². The maximum Gasteiger partial charge on any atom is 0.228 e. The Morgan fingerprint density at radius 3 is 2.46 bits per heavy atom. The molecule has 128 valence electrons. The normalized spacial score (nSPS) is 15.0. The topological polar surface area (TPSA) is 36.4 Å². The zero-order chi connectivity index (χ0) is 17.3. The molecule has 1 saturated heterocycles. The number of thiazole rings is 1. The molecule has 3 rings (SSSR count). The fourth-order valence-corrected chi connectivity index (χ4v) is 4.10. The van der Waals surface area contributed by atoms with Gasteiger partial charge in [0, 0.05) is 36.7 Å². The van der Waals surface area contributed by atoms with E-state index in [1.54, 1.807) is 11.3 Å². The fraction of sp³-hybridized carbons (Fsp3) is 0.412. The SMILES string of the molecule is Cc1nc(C)c(CC(=O)N2CCN(c3ccc(Cl)c(Cl)c3)CC2)s1. The van der Waals surface area contributed by atoms with Crippen LogP contribution in [0, 0.1) is 13.8 Å². The summed E-state index contributed by atoms with van der Waals surface area (Å²) >= 11 is 13.7. The van der Waals surface area contributed by atoms with E-state index in [-0.39, 0.29) is 5.91 Å². The zero-order valence-corrected chi connectivity index (χ0v) is 16.0. The number of hydrogen-bond acceptors (Lipinski definition) is 4. The first-order chi connectivity index (χ1) is 11.4. The van der Waals surface area contributed by atoms with E-state index in [0.29, 0.717) is 16.5 Å². The van der Waals surface area contributed by atoms with Gasteiger partial charge in [-0.3, -0.25) is 4.79 Å². The summed E-state index contributed by atoms with van der Waals surface area (Å²) in [6.07, 6.45) is 0.449. The van der Waals surface area contributed by atoms with Crippen molar-refractivity contribution < 1.29 is 4.79 Å². The van der Waals surface area contributed by atoms with Gasteiger partial charge in [-0.15, -0.1) is 11.3 Å². The molecule has 0 saturated carbocycles. The van der Waals surface area contributed by atoms with Gasteiger partial charge in [-0.25, -0.2) is 4.98 Å². The number of amides is 1. The van der Waals surface area contributed by atoms with Crippen molar-refractivity contribution in [3.8, 4) is 0 Å². The smallest absolute Gasteiger partial charge is 0.228 e. The first kappa shape index (κ1) is 17.5. The molecule has 4 nitrogen and oxygen atoms in total. The van der Waals surface area contributed by atoms with Crippen LogP contribution in [0.1, 0.15) is 15.6 Å². The van der Waals surface area contributed by atoms with Gasteiger partial charge in [0.15, 0.2) is 0 Å². The summed E-state index contributed by atoms with van der Waals surface area (Å²) in [5.41, 5.74) is 2.02. The molecule has 2 heterocycles. The van der Waals surface area contributed by atoms with Crippen LogP contribution in [0.25, 0.3) is 0 Å². The Balaban J connectivity index is 1.59. The Morgan fingerprint density at radius 2 is 1.88 bits per heavy atom. The standard InChI is InChI=1S/C17H19Cl2N3OS/c1-11-16(24-12(2)20-11)10-17(23)22-7-5-21(6-8-22)13-3-4-14(18)15(19)9-13/h3-4,9H,5-8,10H2,1-2H3. The van der Waals surface area contributed by atoms with E-state index in [1.807, 2.05) is 36.9 Å². The number of nitrogens with zero attached hydrogens (tertiary/aromatic N) is 3. The molecule has 0 N–H and O–H groups in total. The molecular formula is C17H19Cl2N3OS. The highest BCUT2D eigenvalue weighted by molar-refractivity contribution is 7.11. The van der Waals surface area contributed by atoms with E-state index in [0.717, 1.165) is 47.4 Å². The van der Waals surface area contributed by atoms with Crippen molar-refractivity contribution in [2.75, 3.05) is 31.1 Å². The van der Waals surface area contributed by atoms with Gasteiger partial charge < -0.3 is 9.80 Å². The molecule has 0 radical (unpaired) electrons. The monoisotopic (exact) mass is 383 g/mol. The second kappa shape index (κ2) is 7.30. The number of carbonyl (C=O) groups is 1. The quantitative estimate of drug-likeness (QED) is 0.804. The Kier molecular flexibility index (Phi) is 5.33. The molecule has 1 aliphatic heterocycles. The van der Waals surface area contributed by atoms with E-state index in [9.17, 15) is 4.79 Å². The zero-order valence-electron chi connectivity index (χ0n) is 13.7. The van der Waals surface area contributed by atoms with Crippen LogP contribution in [0.4, 0.5) is 5.69 Å². The largest absolute Gasteiger partial charge is 0.368 e. The Labute approximate surface area is 156 Å². The molecular weight excluding hydrogens is 365 g/mol. The molecule has 0 unspecified atom stereocenters. The number of anilines is 1. The Morgan fingerprint density at radius 1 is 1.17 bits per heavy atom. The van der Waals surface area contributed by atoms with Gasteiger partial charge in [-0.1, -0.05) is 23.2 Å². The lowest BCUT2D eigenvalue weighted by molar-refractivity contribution is -0.130. The van der Waals surface area contributed by atoms with Crippen LogP contribution in [0.5, 0.6) is 0 Å². The molecule has 1 aliphatic rings. The van der Waals surface area contributed by atoms with Crippen molar-refractivity contribution in [3.63, 3.8) is 0 Å². The minimum Gasteiger partial charge on any atom is -0.368 e. The summed E-state index contributed by atoms with van der Waals surface area (Å²) in [6.45, 7) is 6.97. The van der Waals surface area contributed by atoms with Gasteiger partial charge in [0.1, 0.15) is 0 Å². The molecule has 0 bridgehead atoms. The van der Waals surface area contributed by atoms with E-state index in [2.05, 4.69) is 9.88 Å². The van der Waals surface area contributed by atoms with Gasteiger partial charge in [-0.05, 0) is 32.0 Å². The first-order valence-corrected chi connectivity index (χ1v) is 9.42. The lowest BCUT2D eigenvalue weighted by atomic mass is 10.2. The maximum atomic E-state index is 12.5. The number of benzene rings is 1. The van der Waals surface area contributed by atoms with Crippen molar-refractivity contribution in [1.29, 1.82) is 0 Å². The Hall–Kier alpha value is -1.30. The number of carbonyl (C=O) groups excluding carboxylic acids is 1. The van der Waals surface area contributed by atoms with Crippen molar-refractivity contribution in [1.82, 2.24) is 9.88 Å². The van der Waals surface area contributed by atoms with Crippen LogP contribution in [0.2, 0.25) is 10.0 Å². The van der Waals surface area contributed by atoms with Gasteiger partial charge >= 0.3 is 0 Å². The predicted octanol–water partition coefficient (Wildman–Crippen LogP) is 3.96. The molecule has 0 atom stereocenters. The molecule has 24 heavy (non-hydrogen) atoms. The highest BCUT2D eigenvalue weighted by atomic mass is 35.5. The summed E-state index contributed by atoms with van der Waals surface area (Å²) in [6, 6.07) is 5.66. The number of aromatic nitrogens is 1. The average molecular weight is 384 g/mol. The number of halogens is 2. The summed E-state index contributed by atoms with van der Waals surface area (Å²) in [4.78, 5) is 22.1. The van der Waals surface area contributed by atoms with E-state index in [1.165, 1.54) is 0 Å². The number of piperazine rings is 1. The molecule has 7 heteroatoms. The van der Waals surface area contributed by atoms with Gasteiger partial charge in [0.2, 0.25) is 5.91 Å². The lowest BCUT2D eigenvalue weighted by Crippen LogP contribution is -2.49. The Bertz CT molecular complexity index is 754. The molecule has 0 spiro atoms. The summed E-state index contributed by atoms with van der Waals surface area (Å²) < 4.78 is 0. The molecule has 1 amide bonds. The third-order valence-electron chi connectivity index (χ3n) is 4.21. The summed E-state index contributed by atoms with van der Waals surface area (Å²) in [5.74, 6) is 0.176. The van der Waals surface area contributed by atoms with Crippen molar-refractivity contribution in [3.05, 3.63) is 43.8 Å². The number of rotatable bonds is 3. The molecule has 1 fully saturated rings. The van der Waals surface area contributed by atoms with E-state index < -0.39 is 0 Å². The second-order valence-corrected chi connectivity index (χ2v) is 7.99. The molecule has 2 aromatic rings. The molecule has 1 aromatic heterocycles. The highest BCUT2D eigenvalue weighted by Gasteiger charge is 2.22. The average Bonchev–Trinajstić information content (AvgIpc) is 2.87. The number of aryl methyl sites for hydroxylation is 2. The third kappa shape index (κ3) is 3.85. The highest BCUT2D eigenvalue weighted by Crippen LogP contribution is 2.28. The number of hydrogen-bond donors (Lipinski definition) is 0. The lowest BCUT2D eigenvalue weighted by Gasteiger charge is -2.36. The molecule has 1 aromatic carbocycles. The van der Waals surface area contributed by atoms with Crippen LogP contribution in [0.3, 0.4) is 0 Å². The van der Waals surface area contributed by atoms with Crippen LogP contribution in [-0.4, -0.2) is 42.0 Å². The van der Waals surface area contributed by atoms with E-state index >= 15 is 0 Å². The van der Waals surface area contributed by atoms with Crippen molar-refractivity contribution >= 4 is 46.1 Å². The van der Waals surface area contributed by atoms with Gasteiger partial charge in [0.25, 0.3) is 0 Å². The van der Waals surface area contributed by atoms with Crippen LogP contribution in [0.15, 0.2) is 18.2 Å². The van der Waals surface area contributed by atoms with Crippen LogP contribution < -0.4 is 4.90 Å². The fourth-order valence-electron chi connectivity index (χ4n) is 2.88. The molecule has 0 aliphatic carbocycles. The van der Waals surface area contributed by atoms with Crippen LogP contribution >= 0.6 is 34.5 Å². The summed E-state index contributed by atoms with van der Waals surface area (Å²) in [5, 5.41) is 2.13. The van der Waals surface area contributed by atoms with Crippen molar-refractivity contribution in [2.45, 2.75) is 20.3 Å². The third-order valence-corrected chi connectivity index (χ3v) is 6.02. The maximum absolute atomic E-state index is 12.5. The summed E-state index contributed by atoms with van der Waals surface area (Å²) in [7, 11) is 0. The van der Waals surface area contributed by atoms with Crippen LogP contribution in [-0.2, 0) is 11.2 Å². The predicted molar refractivity (Wildman–Crippen MR) is 101 cm³/mol. The van der Waals surface area contributed by atoms with Gasteiger partial charge in [0.05, 0.1) is 27.2 Å². The van der Waals surface area contributed by atoms with Gasteiger partial charge in [-0.2, -0.15) is 0 Å². The van der Waals surface area contributed by atoms with E-state index in [4.69, 9.17) is 23.2 Å². The minimum absolute atomic E-state index is 0.176. The minimum atomic E-state index is 0.176. The first-order valence-electron chi connectivity index (χ1n) is 7.84. The second-order valence-electron chi connectivity index (χ2n) is 5.88.